The van der Waals surface area contributed by atoms with Gasteiger partial charge in [0.2, 0.25) is 0 Å². The molecule has 0 aromatic heterocycles. The molecule has 1 fully saturated rings. The minimum absolute atomic E-state index is 0.440. The van der Waals surface area contributed by atoms with Crippen molar-refractivity contribution in [2.45, 2.75) is 38.6 Å². The molecule has 0 bridgehead atoms. The molecule has 0 radical (unpaired) electrons. The van der Waals surface area contributed by atoms with Gasteiger partial charge in [0, 0.05) is 25.8 Å². The van der Waals surface area contributed by atoms with E-state index in [-0.39, 0.29) is 0 Å². The largest absolute Gasteiger partial charge is 0.493 e. The third-order valence-corrected chi connectivity index (χ3v) is 4.18. The number of hydrogen-bond acceptors (Lipinski definition) is 3. The second-order valence-electron chi connectivity index (χ2n) is 5.65. The molecule has 1 aromatic carbocycles. The molecule has 102 valence electrons. The van der Waals surface area contributed by atoms with Gasteiger partial charge in [0.05, 0.1) is 6.61 Å². The van der Waals surface area contributed by atoms with Crippen molar-refractivity contribution in [1.29, 1.82) is 0 Å². The van der Waals surface area contributed by atoms with Crippen LogP contribution in [-0.2, 0) is 17.8 Å². The first-order valence-corrected chi connectivity index (χ1v) is 7.28. The summed E-state index contributed by atoms with van der Waals surface area (Å²) in [6.45, 7) is 2.76. The smallest absolute Gasteiger partial charge is 0.132 e. The normalized spacial score (nSPS) is 19.3. The summed E-state index contributed by atoms with van der Waals surface area (Å²) in [4.78, 5) is 11.2. The van der Waals surface area contributed by atoms with Crippen LogP contribution < -0.4 is 10.1 Å². The lowest BCUT2D eigenvalue weighted by atomic mass is 9.88. The van der Waals surface area contributed by atoms with Gasteiger partial charge in [-0.25, -0.2) is 0 Å². The predicted molar refractivity (Wildman–Crippen MR) is 74.3 cm³/mol. The van der Waals surface area contributed by atoms with E-state index in [0.29, 0.717) is 11.7 Å². The molecule has 0 saturated heterocycles. The van der Waals surface area contributed by atoms with Gasteiger partial charge in [-0.1, -0.05) is 12.1 Å². The Bertz CT molecular complexity index is 460. The Kier molecular flexibility index (Phi) is 3.83. The zero-order valence-electron chi connectivity index (χ0n) is 11.3. The number of fused-ring (bicyclic) bond motifs is 1. The molecule has 1 aliphatic carbocycles. The fourth-order valence-electron chi connectivity index (χ4n) is 2.97. The van der Waals surface area contributed by atoms with Crippen LogP contribution in [0.2, 0.25) is 0 Å². The van der Waals surface area contributed by atoms with Crippen molar-refractivity contribution in [1.82, 2.24) is 5.32 Å². The van der Waals surface area contributed by atoms with E-state index in [2.05, 4.69) is 23.5 Å². The van der Waals surface area contributed by atoms with Crippen molar-refractivity contribution in [3.63, 3.8) is 0 Å². The molecular formula is C16H21NO2. The van der Waals surface area contributed by atoms with Gasteiger partial charge in [0.25, 0.3) is 0 Å². The van der Waals surface area contributed by atoms with E-state index in [1.807, 2.05) is 0 Å². The molecular weight excluding hydrogens is 238 g/mol. The van der Waals surface area contributed by atoms with Crippen molar-refractivity contribution in [2.75, 3.05) is 13.2 Å². The van der Waals surface area contributed by atoms with Crippen molar-refractivity contribution >= 4 is 5.78 Å². The number of carbonyl (C=O) groups excluding carboxylic acids is 1. The summed E-state index contributed by atoms with van der Waals surface area (Å²) in [5.41, 5.74) is 2.67. The average Bonchev–Trinajstić information content (AvgIpc) is 2.88. The Labute approximate surface area is 114 Å². The molecule has 0 atom stereocenters. The average molecular weight is 259 g/mol. The number of carbonyl (C=O) groups is 1. The summed E-state index contributed by atoms with van der Waals surface area (Å²) in [6, 6.07) is 6.47. The molecule has 0 unspecified atom stereocenters. The maximum absolute atomic E-state index is 11.2. The van der Waals surface area contributed by atoms with E-state index in [1.165, 1.54) is 11.1 Å². The monoisotopic (exact) mass is 259 g/mol. The molecule has 1 saturated carbocycles. The van der Waals surface area contributed by atoms with E-state index in [1.54, 1.807) is 0 Å². The first-order chi connectivity index (χ1) is 9.31. The van der Waals surface area contributed by atoms with E-state index in [4.69, 9.17) is 4.74 Å². The highest BCUT2D eigenvalue weighted by Crippen LogP contribution is 2.26. The van der Waals surface area contributed by atoms with Gasteiger partial charge in [0.1, 0.15) is 11.5 Å². The molecule has 1 N–H and O–H groups in total. The van der Waals surface area contributed by atoms with Gasteiger partial charge in [-0.15, -0.1) is 0 Å². The number of rotatable bonds is 4. The number of hydrogen-bond donors (Lipinski definition) is 1. The number of ether oxygens (including phenoxy) is 1. The summed E-state index contributed by atoms with van der Waals surface area (Å²) in [7, 11) is 0. The van der Waals surface area contributed by atoms with Crippen LogP contribution in [0.15, 0.2) is 18.2 Å². The maximum atomic E-state index is 11.2. The SMILES string of the molecule is O=C1CCC(CNCc2ccc3c(c2)CCO3)CC1. The molecule has 3 rings (SSSR count). The van der Waals surface area contributed by atoms with Crippen LogP contribution in [0.1, 0.15) is 36.8 Å². The molecule has 3 nitrogen and oxygen atoms in total. The van der Waals surface area contributed by atoms with Crippen LogP contribution in [0.4, 0.5) is 0 Å². The molecule has 0 spiro atoms. The number of ketones is 1. The van der Waals surface area contributed by atoms with E-state index in [9.17, 15) is 4.79 Å². The second kappa shape index (κ2) is 5.74. The van der Waals surface area contributed by atoms with E-state index >= 15 is 0 Å². The van der Waals surface area contributed by atoms with Crippen LogP contribution in [-0.4, -0.2) is 18.9 Å². The van der Waals surface area contributed by atoms with Crippen molar-refractivity contribution < 1.29 is 9.53 Å². The fourth-order valence-corrected chi connectivity index (χ4v) is 2.97. The third kappa shape index (κ3) is 3.16. The quantitative estimate of drug-likeness (QED) is 0.902. The highest BCUT2D eigenvalue weighted by atomic mass is 16.5. The molecule has 0 amide bonds. The number of nitrogens with one attached hydrogen (secondary N) is 1. The maximum Gasteiger partial charge on any atom is 0.132 e. The Hall–Kier alpha value is -1.35. The lowest BCUT2D eigenvalue weighted by Gasteiger charge is -2.21. The van der Waals surface area contributed by atoms with Gasteiger partial charge >= 0.3 is 0 Å². The molecule has 1 heterocycles. The van der Waals surface area contributed by atoms with Crippen LogP contribution in [0.5, 0.6) is 5.75 Å². The van der Waals surface area contributed by atoms with Crippen molar-refractivity contribution in [2.24, 2.45) is 5.92 Å². The Balaban J connectivity index is 1.46. The first-order valence-electron chi connectivity index (χ1n) is 7.28. The van der Waals surface area contributed by atoms with Gasteiger partial charge in [-0.05, 0) is 42.5 Å². The van der Waals surface area contributed by atoms with Gasteiger partial charge < -0.3 is 10.1 Å². The molecule has 2 aliphatic rings. The van der Waals surface area contributed by atoms with Crippen LogP contribution in [0, 0.1) is 5.92 Å². The Morgan fingerprint density at radius 3 is 2.89 bits per heavy atom. The van der Waals surface area contributed by atoms with Gasteiger partial charge in [0.15, 0.2) is 0 Å². The summed E-state index contributed by atoms with van der Waals surface area (Å²) in [5.74, 6) is 2.17. The molecule has 3 heteroatoms. The second-order valence-corrected chi connectivity index (χ2v) is 5.65. The summed E-state index contributed by atoms with van der Waals surface area (Å²) < 4.78 is 5.51. The van der Waals surface area contributed by atoms with Crippen molar-refractivity contribution in [3.05, 3.63) is 29.3 Å². The molecule has 1 aromatic rings. The van der Waals surface area contributed by atoms with Gasteiger partial charge in [-0.2, -0.15) is 0 Å². The predicted octanol–water partition coefficient (Wildman–Crippen LogP) is 2.47. The van der Waals surface area contributed by atoms with Crippen LogP contribution in [0.25, 0.3) is 0 Å². The molecule has 19 heavy (non-hydrogen) atoms. The van der Waals surface area contributed by atoms with E-state index in [0.717, 1.165) is 57.6 Å². The minimum atomic E-state index is 0.440. The zero-order chi connectivity index (χ0) is 13.1. The summed E-state index contributed by atoms with van der Waals surface area (Å²) >= 11 is 0. The highest BCUT2D eigenvalue weighted by Gasteiger charge is 2.18. The Morgan fingerprint density at radius 2 is 2.05 bits per heavy atom. The standard InChI is InChI=1S/C16H21NO2/c18-15-4-1-12(2-5-15)10-17-11-13-3-6-16-14(9-13)7-8-19-16/h3,6,9,12,17H,1-2,4-5,7-8,10-11H2. The summed E-state index contributed by atoms with van der Waals surface area (Å²) in [5, 5.41) is 3.53. The lowest BCUT2D eigenvalue weighted by Crippen LogP contribution is -2.26. The minimum Gasteiger partial charge on any atom is -0.493 e. The van der Waals surface area contributed by atoms with Crippen molar-refractivity contribution in [3.8, 4) is 5.75 Å². The molecule has 1 aliphatic heterocycles. The fraction of sp³-hybridized carbons (Fsp3) is 0.562. The topological polar surface area (TPSA) is 38.3 Å². The van der Waals surface area contributed by atoms with Gasteiger partial charge in [-0.3, -0.25) is 4.79 Å². The number of Topliss-reactive ketones (excluding diaryl/α,β-unsaturated/α-hetero) is 1. The van der Waals surface area contributed by atoms with Crippen LogP contribution >= 0.6 is 0 Å². The zero-order valence-corrected chi connectivity index (χ0v) is 11.3. The lowest BCUT2D eigenvalue weighted by molar-refractivity contribution is -0.120. The number of benzene rings is 1. The van der Waals surface area contributed by atoms with E-state index < -0.39 is 0 Å². The highest BCUT2D eigenvalue weighted by molar-refractivity contribution is 5.79. The summed E-state index contributed by atoms with van der Waals surface area (Å²) in [6.07, 6.45) is 4.71. The van der Waals surface area contributed by atoms with Crippen LogP contribution in [0.3, 0.4) is 0 Å². The third-order valence-electron chi connectivity index (χ3n) is 4.18. The first kappa shape index (κ1) is 12.7. The Morgan fingerprint density at radius 1 is 1.21 bits per heavy atom.